The van der Waals surface area contributed by atoms with Crippen molar-refractivity contribution >= 4 is 29.1 Å². The van der Waals surface area contributed by atoms with Crippen LogP contribution in [0.1, 0.15) is 90.4 Å². The lowest BCUT2D eigenvalue weighted by Gasteiger charge is -2.40. The smallest absolute Gasteiger partial charge is 0.255 e. The van der Waals surface area contributed by atoms with Crippen LogP contribution in [0.2, 0.25) is 0 Å². The molecule has 0 aromatic heterocycles. The summed E-state index contributed by atoms with van der Waals surface area (Å²) in [6, 6.07) is 20.9. The van der Waals surface area contributed by atoms with Crippen LogP contribution in [0.4, 0.5) is 11.4 Å². The minimum absolute atomic E-state index is 0.118. The zero-order chi connectivity index (χ0) is 35.1. The number of carbonyl (C=O) groups excluding carboxylic acids is 3. The summed E-state index contributed by atoms with van der Waals surface area (Å²) in [6.45, 7) is 10.0. The summed E-state index contributed by atoms with van der Waals surface area (Å²) in [6.07, 6.45) is 7.74. The van der Waals surface area contributed by atoms with Crippen LogP contribution in [0.5, 0.6) is 5.75 Å². The molecule has 9 nitrogen and oxygen atoms in total. The molecule has 1 aliphatic carbocycles. The highest BCUT2D eigenvalue weighted by molar-refractivity contribution is 6.05. The van der Waals surface area contributed by atoms with Gasteiger partial charge < -0.3 is 19.8 Å². The molecule has 2 N–H and O–H groups in total. The number of rotatable bonds is 8. The largest absolute Gasteiger partial charge is 0.508 e. The highest BCUT2D eigenvalue weighted by atomic mass is 16.3. The van der Waals surface area contributed by atoms with E-state index >= 15 is 0 Å². The molecular weight excluding hydrogens is 638 g/mol. The molecule has 3 saturated heterocycles. The molecule has 0 radical (unpaired) electrons. The van der Waals surface area contributed by atoms with Gasteiger partial charge in [-0.25, -0.2) is 0 Å². The number of imide groups is 1. The second-order valence-corrected chi connectivity index (χ2v) is 15.5. The highest BCUT2D eigenvalue weighted by Gasteiger charge is 2.39. The van der Waals surface area contributed by atoms with Gasteiger partial charge in [-0.05, 0) is 115 Å². The van der Waals surface area contributed by atoms with Crippen molar-refractivity contribution in [2.45, 2.75) is 76.8 Å². The van der Waals surface area contributed by atoms with Crippen LogP contribution in [0.25, 0.3) is 0 Å². The number of nitrogens with zero attached hydrogens (tertiary/aromatic N) is 4. The third-order valence-corrected chi connectivity index (χ3v) is 12.4. The molecule has 51 heavy (non-hydrogen) atoms. The summed E-state index contributed by atoms with van der Waals surface area (Å²) < 4.78 is 0. The van der Waals surface area contributed by atoms with Crippen LogP contribution in [0, 0.1) is 11.8 Å². The van der Waals surface area contributed by atoms with Gasteiger partial charge in [0.1, 0.15) is 11.8 Å². The Labute approximate surface area is 301 Å². The van der Waals surface area contributed by atoms with Gasteiger partial charge in [0.15, 0.2) is 0 Å². The third kappa shape index (κ3) is 6.85. The van der Waals surface area contributed by atoms with E-state index in [1.165, 1.54) is 54.5 Å². The number of carbonyl (C=O) groups is 3. The van der Waals surface area contributed by atoms with Crippen LogP contribution in [-0.4, -0.2) is 84.5 Å². The van der Waals surface area contributed by atoms with Crippen molar-refractivity contribution in [3.63, 3.8) is 0 Å². The van der Waals surface area contributed by atoms with Crippen molar-refractivity contribution in [2.24, 2.45) is 11.8 Å². The summed E-state index contributed by atoms with van der Waals surface area (Å²) >= 11 is 0. The molecular formula is C42H51N5O4. The SMILES string of the molecule is CCC[C@H]1CCc2cc(O)ccc2[C@H]1c1ccc(N2CCC(CN3CCN(c4ccc5c(c4)CN(C4CCC(=O)NC4=O)C5=O)CC3)CC2)cc1. The van der Waals surface area contributed by atoms with E-state index in [0.29, 0.717) is 42.0 Å². The highest BCUT2D eigenvalue weighted by Crippen LogP contribution is 2.44. The summed E-state index contributed by atoms with van der Waals surface area (Å²) in [5, 5.41) is 12.5. The Morgan fingerprint density at radius 2 is 1.51 bits per heavy atom. The lowest BCUT2D eigenvalue weighted by Crippen LogP contribution is -2.52. The molecule has 3 aromatic carbocycles. The molecule has 4 aliphatic heterocycles. The maximum Gasteiger partial charge on any atom is 0.255 e. The number of phenols is 1. The van der Waals surface area contributed by atoms with Gasteiger partial charge in [-0.1, -0.05) is 31.5 Å². The molecule has 0 spiro atoms. The number of benzene rings is 3. The van der Waals surface area contributed by atoms with Crippen LogP contribution in [-0.2, 0) is 22.6 Å². The van der Waals surface area contributed by atoms with Gasteiger partial charge in [-0.3, -0.25) is 24.6 Å². The molecule has 3 fully saturated rings. The number of aryl methyl sites for hydroxylation is 1. The maximum absolute atomic E-state index is 13.1. The number of fused-ring (bicyclic) bond motifs is 2. The first-order valence-electron chi connectivity index (χ1n) is 19.3. The average Bonchev–Trinajstić information content (AvgIpc) is 3.47. The Morgan fingerprint density at radius 1 is 0.765 bits per heavy atom. The van der Waals surface area contributed by atoms with Crippen LogP contribution >= 0.6 is 0 Å². The van der Waals surface area contributed by atoms with Crippen LogP contribution < -0.4 is 15.1 Å². The number of anilines is 2. The predicted octanol–water partition coefficient (Wildman–Crippen LogP) is 5.69. The predicted molar refractivity (Wildman–Crippen MR) is 199 cm³/mol. The standard InChI is InChI=1S/C42H51N5O4/c1-2-3-29-4-5-31-25-35(48)11-13-36(31)40(29)30-6-8-33(9-7-30)45-18-16-28(17-19-45)26-44-20-22-46(23-21-44)34-10-12-37-32(24-34)27-47(42(37)51)38-14-15-39(49)43-41(38)50/h6-13,24-25,28-29,38,40,48H,2-5,14-23,26-27H2,1H3,(H,43,49,50)/t29-,38?,40+/m0/s1. The summed E-state index contributed by atoms with van der Waals surface area (Å²) in [5.74, 6) is 1.38. The molecule has 4 heterocycles. The van der Waals surface area contributed by atoms with E-state index in [2.05, 4.69) is 63.3 Å². The fourth-order valence-electron chi connectivity index (χ4n) is 9.58. The molecule has 0 saturated carbocycles. The van der Waals surface area contributed by atoms with Crippen molar-refractivity contribution in [1.29, 1.82) is 0 Å². The molecule has 3 aromatic rings. The molecule has 9 heteroatoms. The van der Waals surface area contributed by atoms with E-state index in [-0.39, 0.29) is 24.1 Å². The number of hydrogen-bond acceptors (Lipinski definition) is 7. The average molecular weight is 690 g/mol. The summed E-state index contributed by atoms with van der Waals surface area (Å²) in [5.41, 5.74) is 8.21. The molecule has 3 amide bonds. The molecule has 1 unspecified atom stereocenters. The zero-order valence-electron chi connectivity index (χ0n) is 29.9. The number of nitrogens with one attached hydrogen (secondary N) is 1. The Hall–Kier alpha value is -4.37. The second-order valence-electron chi connectivity index (χ2n) is 15.5. The van der Waals surface area contributed by atoms with Gasteiger partial charge in [-0.2, -0.15) is 0 Å². The van der Waals surface area contributed by atoms with Gasteiger partial charge in [0.25, 0.3) is 5.91 Å². The number of piperazine rings is 1. The normalized spacial score (nSPS) is 24.5. The molecule has 268 valence electrons. The van der Waals surface area contributed by atoms with Gasteiger partial charge in [0.2, 0.25) is 11.8 Å². The first-order valence-corrected chi connectivity index (χ1v) is 19.3. The fourth-order valence-corrected chi connectivity index (χ4v) is 9.58. The Bertz CT molecular complexity index is 1780. The van der Waals surface area contributed by atoms with Crippen molar-refractivity contribution in [3.8, 4) is 5.75 Å². The van der Waals surface area contributed by atoms with E-state index in [9.17, 15) is 19.5 Å². The Balaban J connectivity index is 0.822. The fraction of sp³-hybridized carbons (Fsp3) is 0.500. The molecule has 5 aliphatic rings. The quantitative estimate of drug-likeness (QED) is 0.294. The lowest BCUT2D eigenvalue weighted by atomic mass is 9.70. The third-order valence-electron chi connectivity index (χ3n) is 12.4. The van der Waals surface area contributed by atoms with E-state index in [0.717, 1.165) is 63.5 Å². The Kier molecular flexibility index (Phi) is 9.49. The first kappa shape index (κ1) is 33.8. The van der Waals surface area contributed by atoms with Crippen molar-refractivity contribution < 1.29 is 19.5 Å². The summed E-state index contributed by atoms with van der Waals surface area (Å²) in [4.78, 5) is 46.4. The maximum atomic E-state index is 13.1. The number of piperidine rings is 2. The van der Waals surface area contributed by atoms with Gasteiger partial charge >= 0.3 is 0 Å². The second kappa shape index (κ2) is 14.3. The molecule has 8 rings (SSSR count). The minimum atomic E-state index is -0.581. The topological polar surface area (TPSA) is 96.4 Å². The van der Waals surface area contributed by atoms with Crippen molar-refractivity contribution in [3.05, 3.63) is 88.5 Å². The van der Waals surface area contributed by atoms with E-state index in [1.807, 2.05) is 24.3 Å². The van der Waals surface area contributed by atoms with Crippen molar-refractivity contribution in [2.75, 3.05) is 55.6 Å². The number of aromatic hydroxyl groups is 1. The zero-order valence-corrected chi connectivity index (χ0v) is 29.9. The van der Waals surface area contributed by atoms with Gasteiger partial charge in [0.05, 0.1) is 0 Å². The van der Waals surface area contributed by atoms with E-state index < -0.39 is 6.04 Å². The van der Waals surface area contributed by atoms with Crippen LogP contribution in [0.15, 0.2) is 60.7 Å². The van der Waals surface area contributed by atoms with Crippen molar-refractivity contribution in [1.82, 2.24) is 15.1 Å². The van der Waals surface area contributed by atoms with E-state index in [1.54, 1.807) is 4.90 Å². The lowest BCUT2D eigenvalue weighted by molar-refractivity contribution is -0.136. The number of phenolic OH excluding ortho intramolecular Hbond substituents is 1. The number of amides is 3. The number of hydrogen-bond donors (Lipinski definition) is 2. The Morgan fingerprint density at radius 3 is 2.25 bits per heavy atom. The minimum Gasteiger partial charge on any atom is -0.508 e. The summed E-state index contributed by atoms with van der Waals surface area (Å²) in [7, 11) is 0. The van der Waals surface area contributed by atoms with Crippen LogP contribution in [0.3, 0.4) is 0 Å². The first-order chi connectivity index (χ1) is 24.8. The molecule has 0 bridgehead atoms. The monoisotopic (exact) mass is 689 g/mol. The molecule has 3 atom stereocenters. The van der Waals surface area contributed by atoms with Gasteiger partial charge in [0, 0.05) is 81.6 Å². The van der Waals surface area contributed by atoms with Gasteiger partial charge in [-0.15, -0.1) is 0 Å². The van der Waals surface area contributed by atoms with E-state index in [4.69, 9.17) is 0 Å².